The molecule has 3 aromatic rings. The zero-order valence-electron chi connectivity index (χ0n) is 17.7. The van der Waals surface area contributed by atoms with Gasteiger partial charge in [0, 0.05) is 37.2 Å². The van der Waals surface area contributed by atoms with Gasteiger partial charge in [0.15, 0.2) is 11.8 Å². The predicted molar refractivity (Wildman–Crippen MR) is 119 cm³/mol. The van der Waals surface area contributed by atoms with Crippen LogP contribution in [0.1, 0.15) is 37.5 Å². The van der Waals surface area contributed by atoms with Crippen LogP contribution in [0, 0.1) is 0 Å². The summed E-state index contributed by atoms with van der Waals surface area (Å²) in [4.78, 5) is 13.9. The SMILES string of the molecule is CCNC(=NCc1cccc(-c2ccccn2)c1)NC1CCc2nc(CC)nn2C1. The van der Waals surface area contributed by atoms with Gasteiger partial charge >= 0.3 is 0 Å². The van der Waals surface area contributed by atoms with E-state index >= 15 is 0 Å². The van der Waals surface area contributed by atoms with Crippen LogP contribution in [-0.4, -0.2) is 38.3 Å². The summed E-state index contributed by atoms with van der Waals surface area (Å²) < 4.78 is 2.04. The molecule has 0 fully saturated rings. The number of nitrogens with zero attached hydrogens (tertiary/aromatic N) is 5. The van der Waals surface area contributed by atoms with Crippen molar-refractivity contribution >= 4 is 5.96 Å². The molecule has 0 saturated carbocycles. The second-order valence-corrected chi connectivity index (χ2v) is 7.47. The van der Waals surface area contributed by atoms with Crippen LogP contribution in [0.2, 0.25) is 0 Å². The Bertz CT molecular complexity index is 994. The molecule has 1 aliphatic heterocycles. The molecular weight excluding hydrogens is 374 g/mol. The van der Waals surface area contributed by atoms with E-state index in [0.29, 0.717) is 12.6 Å². The molecule has 0 saturated heterocycles. The van der Waals surface area contributed by atoms with E-state index in [4.69, 9.17) is 4.99 Å². The summed E-state index contributed by atoms with van der Waals surface area (Å²) in [6.07, 6.45) is 4.67. The fraction of sp³-hybridized carbons (Fsp3) is 0.391. The van der Waals surface area contributed by atoms with Crippen LogP contribution in [0.25, 0.3) is 11.3 Å². The summed E-state index contributed by atoms with van der Waals surface area (Å²) in [5.41, 5.74) is 3.25. The normalized spacial score (nSPS) is 16.2. The van der Waals surface area contributed by atoms with Gasteiger partial charge in [0.05, 0.1) is 18.8 Å². The number of hydrogen-bond acceptors (Lipinski definition) is 4. The van der Waals surface area contributed by atoms with Crippen molar-refractivity contribution in [1.82, 2.24) is 30.4 Å². The number of aromatic nitrogens is 4. The molecule has 1 aromatic carbocycles. The van der Waals surface area contributed by atoms with Crippen molar-refractivity contribution in [3.8, 4) is 11.3 Å². The summed E-state index contributed by atoms with van der Waals surface area (Å²) >= 11 is 0. The smallest absolute Gasteiger partial charge is 0.191 e. The molecule has 30 heavy (non-hydrogen) atoms. The summed E-state index contributed by atoms with van der Waals surface area (Å²) in [5, 5.41) is 11.6. The second-order valence-electron chi connectivity index (χ2n) is 7.47. The van der Waals surface area contributed by atoms with Crippen LogP contribution >= 0.6 is 0 Å². The van der Waals surface area contributed by atoms with E-state index < -0.39 is 0 Å². The van der Waals surface area contributed by atoms with Crippen molar-refractivity contribution in [3.05, 3.63) is 65.9 Å². The van der Waals surface area contributed by atoms with Gasteiger partial charge in [-0.1, -0.05) is 31.2 Å². The zero-order chi connectivity index (χ0) is 20.8. The average Bonchev–Trinajstić information content (AvgIpc) is 3.21. The van der Waals surface area contributed by atoms with E-state index in [1.807, 2.05) is 29.1 Å². The van der Waals surface area contributed by atoms with Crippen molar-refractivity contribution in [3.63, 3.8) is 0 Å². The van der Waals surface area contributed by atoms with Crippen LogP contribution in [0.15, 0.2) is 53.7 Å². The van der Waals surface area contributed by atoms with Gasteiger partial charge in [0.2, 0.25) is 0 Å². The molecule has 7 heteroatoms. The second kappa shape index (κ2) is 9.52. The first-order valence-electron chi connectivity index (χ1n) is 10.7. The molecule has 2 N–H and O–H groups in total. The number of hydrogen-bond donors (Lipinski definition) is 2. The fourth-order valence-electron chi connectivity index (χ4n) is 3.67. The highest BCUT2D eigenvalue weighted by Crippen LogP contribution is 2.18. The minimum atomic E-state index is 0.293. The van der Waals surface area contributed by atoms with E-state index in [9.17, 15) is 0 Å². The highest BCUT2D eigenvalue weighted by Gasteiger charge is 2.22. The van der Waals surface area contributed by atoms with Crippen molar-refractivity contribution in [1.29, 1.82) is 0 Å². The number of nitrogens with one attached hydrogen (secondary N) is 2. The summed E-state index contributed by atoms with van der Waals surface area (Å²) in [5.74, 6) is 2.86. The van der Waals surface area contributed by atoms with E-state index in [1.54, 1.807) is 0 Å². The molecule has 0 radical (unpaired) electrons. The molecule has 3 heterocycles. The number of rotatable bonds is 6. The molecule has 1 aliphatic rings. The number of pyridine rings is 1. The maximum absolute atomic E-state index is 4.82. The summed E-state index contributed by atoms with van der Waals surface area (Å²) in [7, 11) is 0. The Morgan fingerprint density at radius 3 is 2.93 bits per heavy atom. The molecule has 156 valence electrons. The monoisotopic (exact) mass is 403 g/mol. The molecule has 4 rings (SSSR count). The predicted octanol–water partition coefficient (Wildman–Crippen LogP) is 2.97. The van der Waals surface area contributed by atoms with Gasteiger partial charge in [0.25, 0.3) is 0 Å². The Kier molecular flexibility index (Phi) is 6.37. The van der Waals surface area contributed by atoms with E-state index in [1.165, 1.54) is 0 Å². The van der Waals surface area contributed by atoms with Crippen LogP contribution in [0.5, 0.6) is 0 Å². The Morgan fingerprint density at radius 2 is 2.13 bits per heavy atom. The van der Waals surface area contributed by atoms with Crippen molar-refractivity contribution in [2.75, 3.05) is 6.54 Å². The minimum absolute atomic E-state index is 0.293. The molecule has 1 atom stereocenters. The first-order chi connectivity index (χ1) is 14.7. The van der Waals surface area contributed by atoms with Crippen LogP contribution in [-0.2, 0) is 25.9 Å². The largest absolute Gasteiger partial charge is 0.357 e. The third-order valence-electron chi connectivity index (χ3n) is 5.21. The van der Waals surface area contributed by atoms with Crippen molar-refractivity contribution < 1.29 is 0 Å². The lowest BCUT2D eigenvalue weighted by Gasteiger charge is -2.25. The van der Waals surface area contributed by atoms with Crippen LogP contribution in [0.4, 0.5) is 0 Å². The molecule has 1 unspecified atom stereocenters. The van der Waals surface area contributed by atoms with Gasteiger partial charge in [-0.2, -0.15) is 5.10 Å². The van der Waals surface area contributed by atoms with Gasteiger partial charge in [-0.05, 0) is 37.1 Å². The van der Waals surface area contributed by atoms with Gasteiger partial charge in [-0.25, -0.2) is 14.7 Å². The van der Waals surface area contributed by atoms with E-state index in [0.717, 1.165) is 66.8 Å². The third-order valence-corrected chi connectivity index (χ3v) is 5.21. The topological polar surface area (TPSA) is 80.0 Å². The van der Waals surface area contributed by atoms with E-state index in [-0.39, 0.29) is 0 Å². The van der Waals surface area contributed by atoms with Gasteiger partial charge in [-0.15, -0.1) is 0 Å². The molecule has 0 aliphatic carbocycles. The lowest BCUT2D eigenvalue weighted by molar-refractivity contribution is 0.392. The van der Waals surface area contributed by atoms with Crippen molar-refractivity contribution in [2.45, 2.75) is 52.2 Å². The lowest BCUT2D eigenvalue weighted by Crippen LogP contribution is -2.47. The Hall–Kier alpha value is -3.22. The van der Waals surface area contributed by atoms with E-state index in [2.05, 4.69) is 63.8 Å². The van der Waals surface area contributed by atoms with Crippen LogP contribution in [0.3, 0.4) is 0 Å². The number of benzene rings is 1. The summed E-state index contributed by atoms with van der Waals surface area (Å²) in [6.45, 7) is 6.43. The maximum atomic E-state index is 4.82. The first kappa shape index (κ1) is 20.1. The first-order valence-corrected chi connectivity index (χ1v) is 10.7. The van der Waals surface area contributed by atoms with Gasteiger partial charge in [0.1, 0.15) is 5.82 Å². The molecule has 0 bridgehead atoms. The quantitative estimate of drug-likeness (QED) is 0.489. The molecular formula is C23H29N7. The lowest BCUT2D eigenvalue weighted by atomic mass is 10.1. The zero-order valence-corrected chi connectivity index (χ0v) is 17.7. The molecule has 2 aromatic heterocycles. The third kappa shape index (κ3) is 4.84. The number of guanidine groups is 1. The minimum Gasteiger partial charge on any atom is -0.357 e. The number of fused-ring (bicyclic) bond motifs is 1. The van der Waals surface area contributed by atoms with Crippen molar-refractivity contribution in [2.24, 2.45) is 4.99 Å². The van der Waals surface area contributed by atoms with Gasteiger partial charge in [-0.3, -0.25) is 4.98 Å². The maximum Gasteiger partial charge on any atom is 0.191 e. The number of aryl methyl sites for hydroxylation is 2. The molecule has 0 amide bonds. The number of aliphatic imine (C=N–C) groups is 1. The molecule has 7 nitrogen and oxygen atoms in total. The highest BCUT2D eigenvalue weighted by molar-refractivity contribution is 5.80. The Morgan fingerprint density at radius 1 is 1.20 bits per heavy atom. The Labute approximate surface area is 177 Å². The standard InChI is InChI=1S/C23H29N7/c1-3-21-28-22-12-11-19(16-30(22)29-21)27-23(24-4-2)26-15-17-8-7-9-18(14-17)20-10-5-6-13-25-20/h5-10,13-14,19H,3-4,11-12,15-16H2,1-2H3,(H2,24,26,27). The van der Waals surface area contributed by atoms with Gasteiger partial charge < -0.3 is 10.6 Å². The fourth-order valence-corrected chi connectivity index (χ4v) is 3.67. The Balaban J connectivity index is 1.43. The highest BCUT2D eigenvalue weighted by atomic mass is 15.4. The van der Waals surface area contributed by atoms with Crippen LogP contribution < -0.4 is 10.6 Å². The summed E-state index contributed by atoms with van der Waals surface area (Å²) in [6, 6.07) is 14.7. The molecule has 0 spiro atoms. The average molecular weight is 404 g/mol.